The quantitative estimate of drug-likeness (QED) is 0.908. The summed E-state index contributed by atoms with van der Waals surface area (Å²) in [6.45, 7) is 2.29. The van der Waals surface area contributed by atoms with Crippen molar-refractivity contribution in [2.45, 2.75) is 20.1 Å². The van der Waals surface area contributed by atoms with Crippen LogP contribution in [0.3, 0.4) is 0 Å². The van der Waals surface area contributed by atoms with Crippen molar-refractivity contribution in [3.8, 4) is 11.5 Å². The number of hydrogen-bond donors (Lipinski definition) is 1. The van der Waals surface area contributed by atoms with Crippen molar-refractivity contribution in [1.82, 2.24) is 9.78 Å². The first kappa shape index (κ1) is 14.9. The maximum absolute atomic E-state index is 9.19. The van der Waals surface area contributed by atoms with Gasteiger partial charge in [0.05, 0.1) is 29.6 Å². The molecular weight excluding hydrogens is 324 g/mol. The predicted octanol–water partition coefficient (Wildman–Crippen LogP) is 2.57. The number of aliphatic hydroxyl groups is 1. The summed E-state index contributed by atoms with van der Waals surface area (Å²) in [6.07, 6.45) is 0. The molecule has 1 aromatic heterocycles. The lowest BCUT2D eigenvalue weighted by atomic mass is 10.2. The molecule has 0 amide bonds. The number of hydrogen-bond acceptors (Lipinski definition) is 4. The van der Waals surface area contributed by atoms with E-state index in [2.05, 4.69) is 21.0 Å². The largest absolute Gasteiger partial charge is 0.493 e. The zero-order valence-electron chi connectivity index (χ0n) is 11.7. The second-order valence-corrected chi connectivity index (χ2v) is 5.31. The first-order chi connectivity index (χ1) is 9.55. The molecule has 0 unspecified atom stereocenters. The Morgan fingerprint density at radius 2 is 2.10 bits per heavy atom. The molecule has 0 radical (unpaired) electrons. The van der Waals surface area contributed by atoms with Crippen LogP contribution in [0.4, 0.5) is 0 Å². The SMILES string of the molecule is COc1cc(CO)cc(Br)c1OCc1cc(C)nn1C. The minimum atomic E-state index is -0.0455. The van der Waals surface area contributed by atoms with E-state index in [9.17, 15) is 5.11 Å². The number of methoxy groups -OCH3 is 1. The summed E-state index contributed by atoms with van der Waals surface area (Å²) >= 11 is 3.44. The van der Waals surface area contributed by atoms with Crippen LogP contribution >= 0.6 is 15.9 Å². The molecule has 0 bridgehead atoms. The molecule has 0 aliphatic rings. The van der Waals surface area contributed by atoms with E-state index in [1.807, 2.05) is 26.1 Å². The average molecular weight is 341 g/mol. The summed E-state index contributed by atoms with van der Waals surface area (Å²) in [5, 5.41) is 13.5. The summed E-state index contributed by atoms with van der Waals surface area (Å²) in [6, 6.07) is 5.55. The molecule has 2 rings (SSSR count). The van der Waals surface area contributed by atoms with Crippen LogP contribution in [0.1, 0.15) is 17.0 Å². The third kappa shape index (κ3) is 3.13. The Labute approximate surface area is 126 Å². The maximum Gasteiger partial charge on any atom is 0.175 e. The van der Waals surface area contributed by atoms with Gasteiger partial charge in [-0.2, -0.15) is 5.10 Å². The molecule has 1 N–H and O–H groups in total. The van der Waals surface area contributed by atoms with Crippen LogP contribution in [0.15, 0.2) is 22.7 Å². The molecule has 5 nitrogen and oxygen atoms in total. The number of aryl methyl sites for hydroxylation is 2. The standard InChI is InChI=1S/C14H17BrN2O3/c1-9-4-11(17(2)16-9)8-20-14-12(15)5-10(7-18)6-13(14)19-3/h4-6,18H,7-8H2,1-3H3. The molecule has 0 atom stereocenters. The maximum atomic E-state index is 9.19. The lowest BCUT2D eigenvalue weighted by Crippen LogP contribution is -2.04. The van der Waals surface area contributed by atoms with Gasteiger partial charge in [0, 0.05) is 7.05 Å². The fourth-order valence-electron chi connectivity index (χ4n) is 1.95. The molecule has 0 saturated carbocycles. The van der Waals surface area contributed by atoms with Crippen LogP contribution in [0.25, 0.3) is 0 Å². The molecule has 108 valence electrons. The van der Waals surface area contributed by atoms with Gasteiger partial charge in [0.25, 0.3) is 0 Å². The fourth-order valence-corrected chi connectivity index (χ4v) is 2.55. The van der Waals surface area contributed by atoms with E-state index in [0.717, 1.165) is 21.4 Å². The Balaban J connectivity index is 2.22. The number of ether oxygens (including phenoxy) is 2. The van der Waals surface area contributed by atoms with Crippen LogP contribution in [0, 0.1) is 6.92 Å². The monoisotopic (exact) mass is 340 g/mol. The van der Waals surface area contributed by atoms with Gasteiger partial charge in [0.15, 0.2) is 11.5 Å². The Bertz CT molecular complexity index is 611. The van der Waals surface area contributed by atoms with Gasteiger partial charge < -0.3 is 14.6 Å². The number of nitrogens with zero attached hydrogens (tertiary/aromatic N) is 2. The van der Waals surface area contributed by atoms with Gasteiger partial charge in [-0.05, 0) is 46.6 Å². The van der Waals surface area contributed by atoms with Gasteiger partial charge >= 0.3 is 0 Å². The minimum Gasteiger partial charge on any atom is -0.493 e. The molecule has 1 heterocycles. The van der Waals surface area contributed by atoms with Crippen molar-refractivity contribution in [3.05, 3.63) is 39.6 Å². The first-order valence-corrected chi connectivity index (χ1v) is 6.94. The summed E-state index contributed by atoms with van der Waals surface area (Å²) in [5.74, 6) is 1.20. The van der Waals surface area contributed by atoms with Gasteiger partial charge in [-0.3, -0.25) is 4.68 Å². The number of aliphatic hydroxyl groups excluding tert-OH is 1. The molecule has 0 aliphatic heterocycles. The molecule has 2 aromatic rings. The van der Waals surface area contributed by atoms with Crippen LogP contribution < -0.4 is 9.47 Å². The smallest absolute Gasteiger partial charge is 0.175 e. The van der Waals surface area contributed by atoms with E-state index >= 15 is 0 Å². The molecule has 1 aromatic carbocycles. The van der Waals surface area contributed by atoms with Gasteiger partial charge in [-0.15, -0.1) is 0 Å². The van der Waals surface area contributed by atoms with E-state index in [1.54, 1.807) is 17.9 Å². The molecule has 0 fully saturated rings. The van der Waals surface area contributed by atoms with E-state index in [0.29, 0.717) is 18.1 Å². The van der Waals surface area contributed by atoms with Crippen LogP contribution in [-0.4, -0.2) is 22.0 Å². The highest BCUT2D eigenvalue weighted by atomic mass is 79.9. The van der Waals surface area contributed by atoms with Crippen molar-refractivity contribution in [2.24, 2.45) is 7.05 Å². The van der Waals surface area contributed by atoms with Crippen LogP contribution in [-0.2, 0) is 20.3 Å². The summed E-state index contributed by atoms with van der Waals surface area (Å²) in [7, 11) is 3.46. The van der Waals surface area contributed by atoms with Gasteiger partial charge in [-0.25, -0.2) is 0 Å². The highest BCUT2D eigenvalue weighted by Crippen LogP contribution is 2.37. The molecule has 0 spiro atoms. The lowest BCUT2D eigenvalue weighted by molar-refractivity contribution is 0.268. The van der Waals surface area contributed by atoms with Crippen LogP contribution in [0.5, 0.6) is 11.5 Å². The topological polar surface area (TPSA) is 56.5 Å². The summed E-state index contributed by atoms with van der Waals surface area (Å²) < 4.78 is 13.7. The van der Waals surface area contributed by atoms with E-state index in [-0.39, 0.29) is 6.61 Å². The Kier molecular flexibility index (Phi) is 4.67. The van der Waals surface area contributed by atoms with Gasteiger partial charge in [0.1, 0.15) is 6.61 Å². The Hall–Kier alpha value is -1.53. The summed E-state index contributed by atoms with van der Waals surface area (Å²) in [5.41, 5.74) is 2.69. The molecule has 20 heavy (non-hydrogen) atoms. The van der Waals surface area contributed by atoms with Crippen molar-refractivity contribution < 1.29 is 14.6 Å². The highest BCUT2D eigenvalue weighted by Gasteiger charge is 2.13. The van der Waals surface area contributed by atoms with Gasteiger partial charge in [0.2, 0.25) is 0 Å². The average Bonchev–Trinajstić information content (AvgIpc) is 2.74. The summed E-state index contributed by atoms with van der Waals surface area (Å²) in [4.78, 5) is 0. The van der Waals surface area contributed by atoms with E-state index in [1.165, 1.54) is 0 Å². The van der Waals surface area contributed by atoms with Crippen molar-refractivity contribution in [2.75, 3.05) is 7.11 Å². The third-order valence-electron chi connectivity index (χ3n) is 2.94. The number of benzene rings is 1. The number of halogens is 1. The predicted molar refractivity (Wildman–Crippen MR) is 78.9 cm³/mol. The van der Waals surface area contributed by atoms with Crippen molar-refractivity contribution in [3.63, 3.8) is 0 Å². The van der Waals surface area contributed by atoms with E-state index < -0.39 is 0 Å². The number of aromatic nitrogens is 2. The third-order valence-corrected chi connectivity index (χ3v) is 3.52. The first-order valence-electron chi connectivity index (χ1n) is 6.14. The minimum absolute atomic E-state index is 0.0455. The van der Waals surface area contributed by atoms with Gasteiger partial charge in [-0.1, -0.05) is 0 Å². The second-order valence-electron chi connectivity index (χ2n) is 4.46. The number of rotatable bonds is 5. The molecular formula is C14H17BrN2O3. The second kappa shape index (κ2) is 6.28. The zero-order valence-corrected chi connectivity index (χ0v) is 13.3. The fraction of sp³-hybridized carbons (Fsp3) is 0.357. The van der Waals surface area contributed by atoms with Crippen molar-refractivity contribution in [1.29, 1.82) is 0 Å². The lowest BCUT2D eigenvalue weighted by Gasteiger charge is -2.14. The van der Waals surface area contributed by atoms with Crippen molar-refractivity contribution >= 4 is 15.9 Å². The zero-order chi connectivity index (χ0) is 14.7. The van der Waals surface area contributed by atoms with E-state index in [4.69, 9.17) is 9.47 Å². The normalized spacial score (nSPS) is 10.7. The highest BCUT2D eigenvalue weighted by molar-refractivity contribution is 9.10. The van der Waals surface area contributed by atoms with Crippen LogP contribution in [0.2, 0.25) is 0 Å². The molecule has 0 aliphatic carbocycles. The Morgan fingerprint density at radius 1 is 1.35 bits per heavy atom. The molecule has 0 saturated heterocycles. The molecule has 6 heteroatoms. The Morgan fingerprint density at radius 3 is 2.65 bits per heavy atom.